The fourth-order valence-electron chi connectivity index (χ4n) is 4.23. The highest BCUT2D eigenvalue weighted by atomic mass is 16.5. The van der Waals surface area contributed by atoms with Gasteiger partial charge >= 0.3 is 0 Å². The van der Waals surface area contributed by atoms with Crippen molar-refractivity contribution in [2.75, 3.05) is 18.5 Å². The fraction of sp³-hybridized carbons (Fsp3) is 0.526. The van der Waals surface area contributed by atoms with Gasteiger partial charge in [0.05, 0.1) is 24.0 Å². The number of aromatic nitrogens is 1. The topological polar surface area (TPSA) is 92.8 Å². The maximum absolute atomic E-state index is 12.0. The molecule has 7 heteroatoms. The zero-order valence-electron chi connectivity index (χ0n) is 15.5. The molecule has 1 aromatic rings. The maximum atomic E-state index is 12.0. The van der Waals surface area contributed by atoms with Crippen LogP contribution in [0.25, 0.3) is 0 Å². The third-order valence-corrected chi connectivity index (χ3v) is 5.76. The number of carbonyl (C=O) groups is 1. The Morgan fingerprint density at radius 1 is 1.42 bits per heavy atom. The van der Waals surface area contributed by atoms with Crippen LogP contribution in [0.15, 0.2) is 17.0 Å². The summed E-state index contributed by atoms with van der Waals surface area (Å²) in [6.07, 6.45) is 5.31. The largest absolute Gasteiger partial charge is 0.487 e. The molecular formula is C19H25N5O2. The molecule has 0 spiro atoms. The lowest BCUT2D eigenvalue weighted by molar-refractivity contribution is 0.0936. The number of anilines is 1. The number of piperidine rings is 1. The number of rotatable bonds is 4. The van der Waals surface area contributed by atoms with Gasteiger partial charge in [0.15, 0.2) is 5.76 Å². The number of amides is 1. The Kier molecular flexibility index (Phi) is 4.09. The molecule has 2 aliphatic heterocycles. The predicted octanol–water partition coefficient (Wildman–Crippen LogP) is 1.43. The first-order valence-corrected chi connectivity index (χ1v) is 9.10. The molecule has 0 radical (unpaired) electrons. The number of carbonyl (C=O) groups excluding carboxylic acids is 1. The highest BCUT2D eigenvalue weighted by molar-refractivity contribution is 5.99. The van der Waals surface area contributed by atoms with Crippen molar-refractivity contribution in [1.29, 1.82) is 0 Å². The molecule has 7 nitrogen and oxygen atoms in total. The summed E-state index contributed by atoms with van der Waals surface area (Å²) in [5, 5.41) is 2.88. The van der Waals surface area contributed by atoms with E-state index >= 15 is 0 Å². The molecule has 1 amide bonds. The lowest BCUT2D eigenvalue weighted by atomic mass is 10.0. The summed E-state index contributed by atoms with van der Waals surface area (Å²) in [6.45, 7) is 5.50. The number of allylic oxidation sites excluding steroid dienone is 1. The van der Waals surface area contributed by atoms with Gasteiger partial charge in [-0.15, -0.1) is 0 Å². The summed E-state index contributed by atoms with van der Waals surface area (Å²) in [6, 6.07) is 0.444. The number of aliphatic imine (C=N–C) groups is 1. The standard InChI is InChI=1S/C19H25N5O2/c1-10-11(2)18(23-14-9-22-19(25)17(10)14)24-5-4-16(13-6-15(13)24)26-12(7-20)8-21-3/h7-8,13,15-16H,4-6,9,20H2,1-3H3,(H,22,25). The molecule has 0 aromatic carbocycles. The molecule has 4 rings (SSSR count). The van der Waals surface area contributed by atoms with Crippen LogP contribution >= 0.6 is 0 Å². The molecule has 138 valence electrons. The smallest absolute Gasteiger partial charge is 0.253 e. The van der Waals surface area contributed by atoms with Crippen LogP contribution in [0, 0.1) is 19.8 Å². The summed E-state index contributed by atoms with van der Waals surface area (Å²) in [4.78, 5) is 23.2. The zero-order chi connectivity index (χ0) is 18.4. The van der Waals surface area contributed by atoms with Gasteiger partial charge in [0.2, 0.25) is 0 Å². The third kappa shape index (κ3) is 2.62. The quantitative estimate of drug-likeness (QED) is 0.629. The van der Waals surface area contributed by atoms with Crippen LogP contribution < -0.4 is 16.0 Å². The molecule has 3 atom stereocenters. The van der Waals surface area contributed by atoms with E-state index in [-0.39, 0.29) is 12.0 Å². The van der Waals surface area contributed by atoms with Crippen molar-refractivity contribution in [1.82, 2.24) is 10.3 Å². The zero-order valence-corrected chi connectivity index (χ0v) is 15.5. The van der Waals surface area contributed by atoms with Crippen LogP contribution in [0.1, 0.15) is 40.0 Å². The minimum Gasteiger partial charge on any atom is -0.487 e. The molecule has 3 heterocycles. The molecule has 0 bridgehead atoms. The normalized spacial score (nSPS) is 27.3. The number of hydrogen-bond acceptors (Lipinski definition) is 6. The lowest BCUT2D eigenvalue weighted by Gasteiger charge is -2.34. The highest BCUT2D eigenvalue weighted by Crippen LogP contribution is 2.47. The van der Waals surface area contributed by atoms with Gasteiger partial charge in [-0.2, -0.15) is 0 Å². The molecule has 1 saturated carbocycles. The molecular weight excluding hydrogens is 330 g/mol. The summed E-state index contributed by atoms with van der Waals surface area (Å²) in [5.74, 6) is 2.13. The van der Waals surface area contributed by atoms with Gasteiger partial charge in [-0.3, -0.25) is 9.79 Å². The number of hydrogen-bond donors (Lipinski definition) is 2. The Bertz CT molecular complexity index is 817. The lowest BCUT2D eigenvalue weighted by Crippen LogP contribution is -2.39. The molecule has 2 fully saturated rings. The van der Waals surface area contributed by atoms with E-state index in [0.717, 1.165) is 47.6 Å². The van der Waals surface area contributed by atoms with E-state index in [1.54, 1.807) is 13.3 Å². The van der Waals surface area contributed by atoms with Crippen molar-refractivity contribution in [3.8, 4) is 0 Å². The van der Waals surface area contributed by atoms with Crippen LogP contribution in [-0.2, 0) is 11.3 Å². The number of nitrogens with one attached hydrogen (secondary N) is 1. The molecule has 3 aliphatic rings. The third-order valence-electron chi connectivity index (χ3n) is 5.76. The van der Waals surface area contributed by atoms with E-state index < -0.39 is 0 Å². The first-order valence-electron chi connectivity index (χ1n) is 9.10. The molecule has 3 N–H and O–H groups in total. The van der Waals surface area contributed by atoms with Gasteiger partial charge in [-0.25, -0.2) is 4.98 Å². The number of fused-ring (bicyclic) bond motifs is 2. The molecule has 1 aliphatic carbocycles. The van der Waals surface area contributed by atoms with Gasteiger partial charge < -0.3 is 20.7 Å². The van der Waals surface area contributed by atoms with E-state index in [4.69, 9.17) is 15.5 Å². The minimum absolute atomic E-state index is 0.00486. The van der Waals surface area contributed by atoms with E-state index in [2.05, 4.69) is 22.1 Å². The van der Waals surface area contributed by atoms with E-state index in [0.29, 0.717) is 24.3 Å². The van der Waals surface area contributed by atoms with E-state index in [1.165, 1.54) is 6.20 Å². The Balaban J connectivity index is 1.54. The van der Waals surface area contributed by atoms with Gasteiger partial charge in [-0.1, -0.05) is 0 Å². The van der Waals surface area contributed by atoms with Crippen LogP contribution in [0.4, 0.5) is 5.82 Å². The summed E-state index contributed by atoms with van der Waals surface area (Å²) in [5.41, 5.74) is 9.40. The summed E-state index contributed by atoms with van der Waals surface area (Å²) < 4.78 is 6.05. The average molecular weight is 355 g/mol. The van der Waals surface area contributed by atoms with Crippen molar-refractivity contribution in [3.05, 3.63) is 34.3 Å². The van der Waals surface area contributed by atoms with E-state index in [1.807, 2.05) is 6.92 Å². The summed E-state index contributed by atoms with van der Waals surface area (Å²) in [7, 11) is 1.71. The SMILES string of the molecule is CN=CC(=CN)OC1CCN(c2nc3c(c(C)c2C)C(=O)NC3)C2CC12. The Morgan fingerprint density at radius 3 is 2.96 bits per heavy atom. The number of nitrogens with zero attached hydrogens (tertiary/aromatic N) is 3. The van der Waals surface area contributed by atoms with Crippen LogP contribution in [0.3, 0.4) is 0 Å². The highest BCUT2D eigenvalue weighted by Gasteiger charge is 2.52. The van der Waals surface area contributed by atoms with Gasteiger partial charge in [0.25, 0.3) is 5.91 Å². The average Bonchev–Trinajstić information content (AvgIpc) is 3.35. The second-order valence-electron chi connectivity index (χ2n) is 7.25. The van der Waals surface area contributed by atoms with Gasteiger partial charge in [-0.05, 0) is 31.4 Å². The predicted molar refractivity (Wildman–Crippen MR) is 100 cm³/mol. The fourth-order valence-corrected chi connectivity index (χ4v) is 4.23. The second kappa shape index (κ2) is 6.30. The number of ether oxygens (including phenoxy) is 1. The Morgan fingerprint density at radius 2 is 2.23 bits per heavy atom. The monoisotopic (exact) mass is 355 g/mol. The molecule has 1 aromatic heterocycles. The maximum Gasteiger partial charge on any atom is 0.253 e. The first-order chi connectivity index (χ1) is 12.5. The second-order valence-corrected chi connectivity index (χ2v) is 7.25. The summed E-state index contributed by atoms with van der Waals surface area (Å²) >= 11 is 0. The van der Waals surface area contributed by atoms with Crippen molar-refractivity contribution in [2.45, 2.75) is 45.4 Å². The van der Waals surface area contributed by atoms with Crippen molar-refractivity contribution in [2.24, 2.45) is 16.6 Å². The van der Waals surface area contributed by atoms with Crippen LogP contribution in [-0.4, -0.2) is 42.8 Å². The number of pyridine rings is 1. The first kappa shape index (κ1) is 16.9. The van der Waals surface area contributed by atoms with Gasteiger partial charge in [0, 0.05) is 38.2 Å². The molecule has 3 unspecified atom stereocenters. The molecule has 26 heavy (non-hydrogen) atoms. The number of nitrogens with two attached hydrogens (primary N) is 1. The van der Waals surface area contributed by atoms with E-state index in [9.17, 15) is 4.79 Å². The van der Waals surface area contributed by atoms with Crippen LogP contribution in [0.2, 0.25) is 0 Å². The van der Waals surface area contributed by atoms with Crippen molar-refractivity contribution < 1.29 is 9.53 Å². The van der Waals surface area contributed by atoms with Crippen molar-refractivity contribution in [3.63, 3.8) is 0 Å². The van der Waals surface area contributed by atoms with Gasteiger partial charge in [0.1, 0.15) is 11.9 Å². The van der Waals surface area contributed by atoms with Crippen molar-refractivity contribution >= 4 is 17.9 Å². The Hall–Kier alpha value is -2.57. The minimum atomic E-state index is -0.00486. The molecule has 1 saturated heterocycles. The van der Waals surface area contributed by atoms with Crippen LogP contribution in [0.5, 0.6) is 0 Å². The Labute approximate surface area is 153 Å².